The highest BCUT2D eigenvalue weighted by atomic mass is 19.1. The number of amides is 1. The van der Waals surface area contributed by atoms with Crippen molar-refractivity contribution in [1.29, 1.82) is 0 Å². The highest BCUT2D eigenvalue weighted by Crippen LogP contribution is 2.17. The number of aromatic nitrogens is 4. The Morgan fingerprint density at radius 2 is 2.16 bits per heavy atom. The average Bonchev–Trinajstić information content (AvgIpc) is 3.11. The van der Waals surface area contributed by atoms with Crippen LogP contribution in [0.4, 0.5) is 4.39 Å². The lowest BCUT2D eigenvalue weighted by Gasteiger charge is -2.14. The molecule has 0 saturated carbocycles. The predicted octanol–water partition coefficient (Wildman–Crippen LogP) is 1.89. The number of hydrogen-bond acceptors (Lipinski definition) is 5. The zero-order valence-corrected chi connectivity index (χ0v) is 13.5. The number of ether oxygens (including phenoxy) is 1. The van der Waals surface area contributed by atoms with Gasteiger partial charge in [-0.05, 0) is 31.2 Å². The fraction of sp³-hybridized carbons (Fsp3) is 0.176. The van der Waals surface area contributed by atoms with Gasteiger partial charge in [-0.15, -0.1) is 5.10 Å². The number of halogens is 1. The summed E-state index contributed by atoms with van der Waals surface area (Å²) in [6.45, 7) is 1.73. The van der Waals surface area contributed by atoms with Gasteiger partial charge in [-0.2, -0.15) is 0 Å². The molecule has 25 heavy (non-hydrogen) atoms. The zero-order chi connectivity index (χ0) is 17.6. The molecular formula is C17H16FN5O2. The second-order valence-electron chi connectivity index (χ2n) is 5.27. The summed E-state index contributed by atoms with van der Waals surface area (Å²) in [5.41, 5.74) is 1.35. The van der Waals surface area contributed by atoms with Crippen LogP contribution in [0.1, 0.15) is 12.6 Å². The molecule has 0 aliphatic rings. The van der Waals surface area contributed by atoms with Gasteiger partial charge in [-0.3, -0.25) is 9.78 Å². The van der Waals surface area contributed by atoms with Gasteiger partial charge in [0.05, 0.1) is 24.6 Å². The van der Waals surface area contributed by atoms with Gasteiger partial charge < -0.3 is 10.1 Å². The lowest BCUT2D eigenvalue weighted by atomic mass is 10.3. The molecule has 0 saturated heterocycles. The first-order chi connectivity index (χ1) is 12.1. The molecule has 0 fully saturated rings. The van der Waals surface area contributed by atoms with E-state index in [1.807, 2.05) is 6.07 Å². The molecule has 7 nitrogen and oxygen atoms in total. The van der Waals surface area contributed by atoms with Gasteiger partial charge in [0.1, 0.15) is 5.69 Å². The predicted molar refractivity (Wildman–Crippen MR) is 87.5 cm³/mol. The number of para-hydroxylation sites is 1. The summed E-state index contributed by atoms with van der Waals surface area (Å²) in [5.74, 6) is -0.853. The van der Waals surface area contributed by atoms with Gasteiger partial charge in [-0.25, -0.2) is 9.07 Å². The first kappa shape index (κ1) is 16.6. The summed E-state index contributed by atoms with van der Waals surface area (Å²) < 4.78 is 20.4. The number of rotatable bonds is 6. The minimum absolute atomic E-state index is 0.0349. The van der Waals surface area contributed by atoms with E-state index in [9.17, 15) is 9.18 Å². The molecule has 1 N–H and O–H groups in total. The maximum Gasteiger partial charge on any atom is 0.261 e. The SMILES string of the molecule is CC(Oc1ccccc1F)C(=O)NCc1cn(-c2cccnc2)nn1. The van der Waals surface area contributed by atoms with Gasteiger partial charge in [-0.1, -0.05) is 17.3 Å². The van der Waals surface area contributed by atoms with E-state index in [4.69, 9.17) is 4.74 Å². The molecule has 1 aromatic carbocycles. The molecule has 1 amide bonds. The summed E-state index contributed by atoms with van der Waals surface area (Å²) in [7, 11) is 0. The molecule has 3 rings (SSSR count). The number of benzene rings is 1. The van der Waals surface area contributed by atoms with Crippen molar-refractivity contribution in [2.75, 3.05) is 0 Å². The maximum absolute atomic E-state index is 13.5. The van der Waals surface area contributed by atoms with E-state index in [1.165, 1.54) is 12.1 Å². The van der Waals surface area contributed by atoms with Crippen LogP contribution in [0.25, 0.3) is 5.69 Å². The molecule has 0 aliphatic carbocycles. The van der Waals surface area contributed by atoms with Gasteiger partial charge in [0.25, 0.3) is 5.91 Å². The molecule has 0 spiro atoms. The van der Waals surface area contributed by atoms with Crippen molar-refractivity contribution in [2.24, 2.45) is 0 Å². The van der Waals surface area contributed by atoms with Crippen LogP contribution in [0, 0.1) is 5.82 Å². The lowest BCUT2D eigenvalue weighted by Crippen LogP contribution is -2.36. The molecular weight excluding hydrogens is 325 g/mol. The van der Waals surface area contributed by atoms with Crippen LogP contribution in [0.2, 0.25) is 0 Å². The van der Waals surface area contributed by atoms with E-state index in [0.717, 1.165) is 5.69 Å². The largest absolute Gasteiger partial charge is 0.478 e. The van der Waals surface area contributed by atoms with Gasteiger partial charge in [0, 0.05) is 6.20 Å². The molecule has 2 heterocycles. The fourth-order valence-electron chi connectivity index (χ4n) is 2.10. The van der Waals surface area contributed by atoms with Crippen LogP contribution in [0.15, 0.2) is 55.0 Å². The molecule has 1 unspecified atom stereocenters. The van der Waals surface area contributed by atoms with Crippen molar-refractivity contribution in [1.82, 2.24) is 25.3 Å². The van der Waals surface area contributed by atoms with E-state index in [-0.39, 0.29) is 18.2 Å². The first-order valence-electron chi connectivity index (χ1n) is 7.64. The third-order valence-corrected chi connectivity index (χ3v) is 3.40. The minimum atomic E-state index is -0.842. The van der Waals surface area contributed by atoms with Crippen molar-refractivity contribution in [3.8, 4) is 11.4 Å². The molecule has 3 aromatic rings. The van der Waals surface area contributed by atoms with Crippen LogP contribution in [0.5, 0.6) is 5.75 Å². The third-order valence-electron chi connectivity index (χ3n) is 3.40. The number of hydrogen-bond donors (Lipinski definition) is 1. The summed E-state index contributed by atoms with van der Waals surface area (Å²) in [5, 5.41) is 10.7. The second kappa shape index (κ2) is 7.52. The Morgan fingerprint density at radius 3 is 2.92 bits per heavy atom. The summed E-state index contributed by atoms with van der Waals surface area (Å²) in [6.07, 6.45) is 4.17. The highest BCUT2D eigenvalue weighted by molar-refractivity contribution is 5.80. The Bertz CT molecular complexity index is 853. The van der Waals surface area contributed by atoms with Crippen LogP contribution in [0.3, 0.4) is 0 Å². The average molecular weight is 341 g/mol. The van der Waals surface area contributed by atoms with E-state index in [2.05, 4.69) is 20.6 Å². The Morgan fingerprint density at radius 1 is 1.32 bits per heavy atom. The van der Waals surface area contributed by atoms with E-state index < -0.39 is 11.9 Å². The topological polar surface area (TPSA) is 81.9 Å². The summed E-state index contributed by atoms with van der Waals surface area (Å²) in [4.78, 5) is 16.1. The zero-order valence-electron chi connectivity index (χ0n) is 13.5. The number of nitrogens with zero attached hydrogens (tertiary/aromatic N) is 4. The van der Waals surface area contributed by atoms with Crippen LogP contribution < -0.4 is 10.1 Å². The molecule has 8 heteroatoms. The summed E-state index contributed by atoms with van der Waals surface area (Å²) >= 11 is 0. The second-order valence-corrected chi connectivity index (χ2v) is 5.27. The number of pyridine rings is 1. The summed E-state index contributed by atoms with van der Waals surface area (Å²) in [6, 6.07) is 9.57. The van der Waals surface area contributed by atoms with Gasteiger partial charge >= 0.3 is 0 Å². The molecule has 0 radical (unpaired) electrons. The van der Waals surface area contributed by atoms with Crippen molar-refractivity contribution < 1.29 is 13.9 Å². The Labute approximate surface area is 143 Å². The van der Waals surface area contributed by atoms with Gasteiger partial charge in [0.2, 0.25) is 0 Å². The van der Waals surface area contributed by atoms with Crippen molar-refractivity contribution in [2.45, 2.75) is 19.6 Å². The van der Waals surface area contributed by atoms with Crippen LogP contribution >= 0.6 is 0 Å². The Hall–Kier alpha value is -3.29. The normalized spacial score (nSPS) is 11.8. The molecule has 0 aliphatic heterocycles. The molecule has 1 atom stereocenters. The quantitative estimate of drug-likeness (QED) is 0.740. The van der Waals surface area contributed by atoms with Crippen molar-refractivity contribution >= 4 is 5.91 Å². The van der Waals surface area contributed by atoms with Crippen LogP contribution in [-0.4, -0.2) is 32.0 Å². The minimum Gasteiger partial charge on any atom is -0.478 e. The van der Waals surface area contributed by atoms with Crippen molar-refractivity contribution in [3.05, 3.63) is 66.5 Å². The molecule has 2 aromatic heterocycles. The molecule has 128 valence electrons. The van der Waals surface area contributed by atoms with Crippen molar-refractivity contribution in [3.63, 3.8) is 0 Å². The smallest absolute Gasteiger partial charge is 0.261 e. The fourth-order valence-corrected chi connectivity index (χ4v) is 2.10. The Kier molecular flexibility index (Phi) is 4.98. The van der Waals surface area contributed by atoms with E-state index in [1.54, 1.807) is 48.4 Å². The first-order valence-corrected chi connectivity index (χ1v) is 7.64. The third kappa shape index (κ3) is 4.17. The maximum atomic E-state index is 13.5. The van der Waals surface area contributed by atoms with E-state index >= 15 is 0 Å². The highest BCUT2D eigenvalue weighted by Gasteiger charge is 2.16. The number of carbonyl (C=O) groups excluding carboxylic acids is 1. The molecule has 0 bridgehead atoms. The Balaban J connectivity index is 1.55. The number of nitrogens with one attached hydrogen (secondary N) is 1. The van der Waals surface area contributed by atoms with E-state index in [0.29, 0.717) is 5.69 Å². The van der Waals surface area contributed by atoms with Gasteiger partial charge in [0.15, 0.2) is 17.7 Å². The standard InChI is InChI=1S/C17H16FN5O2/c1-12(25-16-7-3-2-6-15(16)18)17(24)20-9-13-11-23(22-21-13)14-5-4-8-19-10-14/h2-8,10-12H,9H2,1H3,(H,20,24). The monoisotopic (exact) mass is 341 g/mol. The number of carbonyl (C=O) groups is 1. The van der Waals surface area contributed by atoms with Crippen LogP contribution in [-0.2, 0) is 11.3 Å². The lowest BCUT2D eigenvalue weighted by molar-refractivity contribution is -0.127.